The molecule has 1 saturated heterocycles. The number of piperazine rings is 1. The zero-order valence-corrected chi connectivity index (χ0v) is 16.6. The summed E-state index contributed by atoms with van der Waals surface area (Å²) in [5, 5.41) is 5.51. The predicted octanol–water partition coefficient (Wildman–Crippen LogP) is 3.29. The Morgan fingerprint density at radius 2 is 2.07 bits per heavy atom. The first kappa shape index (κ1) is 18.3. The van der Waals surface area contributed by atoms with Crippen molar-refractivity contribution in [1.82, 2.24) is 24.6 Å². The molecule has 3 aromatic heterocycles. The molecule has 3 aromatic rings. The number of rotatable bonds is 4. The zero-order valence-electron chi connectivity index (χ0n) is 16.6. The van der Waals surface area contributed by atoms with E-state index >= 15 is 0 Å². The van der Waals surface area contributed by atoms with Gasteiger partial charge in [-0.25, -0.2) is 9.78 Å². The van der Waals surface area contributed by atoms with Crippen LogP contribution in [0.5, 0.6) is 0 Å². The number of anilines is 1. The van der Waals surface area contributed by atoms with Crippen LogP contribution in [0.1, 0.15) is 26.8 Å². The number of aromatic amines is 1. The van der Waals surface area contributed by atoms with Crippen LogP contribution >= 0.6 is 0 Å². The maximum atomic E-state index is 11.9. The smallest absolute Gasteiger partial charge is 0.409 e. The molecular weight excluding hydrogens is 356 g/mol. The van der Waals surface area contributed by atoms with E-state index in [-0.39, 0.29) is 6.09 Å². The Hall–Kier alpha value is -3.03. The van der Waals surface area contributed by atoms with Crippen molar-refractivity contribution in [3.8, 4) is 11.3 Å². The fourth-order valence-electron chi connectivity index (χ4n) is 3.55. The number of aromatic nitrogens is 4. The lowest BCUT2D eigenvalue weighted by atomic mass is 10.2. The molecule has 0 radical (unpaired) electrons. The quantitative estimate of drug-likeness (QED) is 0.749. The van der Waals surface area contributed by atoms with E-state index in [9.17, 15) is 4.79 Å². The Balaban J connectivity index is 1.57. The monoisotopic (exact) mass is 382 g/mol. The van der Waals surface area contributed by atoms with E-state index in [1.165, 1.54) is 0 Å². The Labute approximate surface area is 164 Å². The molecule has 1 amide bonds. The van der Waals surface area contributed by atoms with Crippen molar-refractivity contribution in [2.24, 2.45) is 0 Å². The minimum atomic E-state index is -0.229. The SMILES string of the molecule is CCOC(=O)N1CCN(c2ccnc3[nH]c(-c4cnn(C(C)C)c4)cc23)CC1. The number of pyridine rings is 1. The average molecular weight is 382 g/mol. The van der Waals surface area contributed by atoms with Gasteiger partial charge in [-0.15, -0.1) is 0 Å². The fourth-order valence-corrected chi connectivity index (χ4v) is 3.55. The molecule has 0 atom stereocenters. The molecule has 0 saturated carbocycles. The number of fused-ring (bicyclic) bond motifs is 1. The first-order valence-electron chi connectivity index (χ1n) is 9.75. The lowest BCUT2D eigenvalue weighted by molar-refractivity contribution is 0.105. The molecule has 1 aliphatic rings. The molecule has 1 fully saturated rings. The highest BCUT2D eigenvalue weighted by molar-refractivity contribution is 5.93. The largest absolute Gasteiger partial charge is 0.450 e. The lowest BCUT2D eigenvalue weighted by Crippen LogP contribution is -2.49. The van der Waals surface area contributed by atoms with Crippen molar-refractivity contribution < 1.29 is 9.53 Å². The van der Waals surface area contributed by atoms with Crippen LogP contribution in [0.3, 0.4) is 0 Å². The normalized spacial score (nSPS) is 14.9. The molecule has 0 aromatic carbocycles. The van der Waals surface area contributed by atoms with Crippen molar-refractivity contribution in [3.05, 3.63) is 30.7 Å². The van der Waals surface area contributed by atoms with E-state index in [1.54, 1.807) is 4.90 Å². The standard InChI is InChI=1S/C20H26N6O2/c1-4-28-20(27)25-9-7-24(8-10-25)18-5-6-21-19-16(18)11-17(23-19)15-12-22-26(13-15)14(2)3/h5-6,11-14H,4,7-10H2,1-3H3,(H,21,23). The summed E-state index contributed by atoms with van der Waals surface area (Å²) in [4.78, 5) is 23.9. The van der Waals surface area contributed by atoms with Gasteiger partial charge in [0, 0.05) is 61.3 Å². The highest BCUT2D eigenvalue weighted by Crippen LogP contribution is 2.31. The number of carbonyl (C=O) groups excluding carboxylic acids is 1. The summed E-state index contributed by atoms with van der Waals surface area (Å²) in [6.45, 7) is 9.30. The van der Waals surface area contributed by atoms with Gasteiger partial charge in [0.15, 0.2) is 0 Å². The summed E-state index contributed by atoms with van der Waals surface area (Å²) in [5.74, 6) is 0. The van der Waals surface area contributed by atoms with Crippen LogP contribution in [0.25, 0.3) is 22.3 Å². The van der Waals surface area contributed by atoms with Gasteiger partial charge in [-0.2, -0.15) is 5.10 Å². The topological polar surface area (TPSA) is 79.3 Å². The van der Waals surface area contributed by atoms with E-state index < -0.39 is 0 Å². The number of hydrogen-bond donors (Lipinski definition) is 1. The predicted molar refractivity (Wildman–Crippen MR) is 109 cm³/mol. The van der Waals surface area contributed by atoms with Crippen LogP contribution in [0, 0.1) is 0 Å². The molecule has 148 valence electrons. The number of nitrogens with zero attached hydrogens (tertiary/aromatic N) is 5. The van der Waals surface area contributed by atoms with Gasteiger partial charge in [0.1, 0.15) is 5.65 Å². The third-order valence-electron chi connectivity index (χ3n) is 5.10. The Bertz CT molecular complexity index is 968. The van der Waals surface area contributed by atoms with Crippen molar-refractivity contribution in [2.45, 2.75) is 26.8 Å². The van der Waals surface area contributed by atoms with Crippen LogP contribution in [0.2, 0.25) is 0 Å². The lowest BCUT2D eigenvalue weighted by Gasteiger charge is -2.35. The van der Waals surface area contributed by atoms with E-state index in [2.05, 4.69) is 39.9 Å². The van der Waals surface area contributed by atoms with Crippen molar-refractivity contribution >= 4 is 22.8 Å². The highest BCUT2D eigenvalue weighted by Gasteiger charge is 2.23. The second-order valence-electron chi connectivity index (χ2n) is 7.25. The number of carbonyl (C=O) groups is 1. The summed E-state index contributed by atoms with van der Waals surface area (Å²) in [7, 11) is 0. The van der Waals surface area contributed by atoms with Crippen LogP contribution < -0.4 is 4.90 Å². The number of ether oxygens (including phenoxy) is 1. The minimum Gasteiger partial charge on any atom is -0.450 e. The minimum absolute atomic E-state index is 0.229. The summed E-state index contributed by atoms with van der Waals surface area (Å²) < 4.78 is 7.06. The van der Waals surface area contributed by atoms with Crippen molar-refractivity contribution in [2.75, 3.05) is 37.7 Å². The first-order chi connectivity index (χ1) is 13.6. The molecule has 8 nitrogen and oxygen atoms in total. The summed E-state index contributed by atoms with van der Waals surface area (Å²) in [6, 6.07) is 4.50. The van der Waals surface area contributed by atoms with Crippen molar-refractivity contribution in [3.63, 3.8) is 0 Å². The Morgan fingerprint density at radius 3 is 2.75 bits per heavy atom. The van der Waals surface area contributed by atoms with Crippen LogP contribution in [0.4, 0.5) is 10.5 Å². The third-order valence-corrected chi connectivity index (χ3v) is 5.10. The molecule has 0 aliphatic carbocycles. The fraction of sp³-hybridized carbons (Fsp3) is 0.450. The van der Waals surface area contributed by atoms with E-state index in [1.807, 2.05) is 36.3 Å². The van der Waals surface area contributed by atoms with Crippen LogP contribution in [0.15, 0.2) is 30.7 Å². The second-order valence-corrected chi connectivity index (χ2v) is 7.25. The number of H-pyrrole nitrogens is 1. The second kappa shape index (κ2) is 7.53. The highest BCUT2D eigenvalue weighted by atomic mass is 16.6. The van der Waals surface area contributed by atoms with Gasteiger partial charge < -0.3 is 19.5 Å². The van der Waals surface area contributed by atoms with Gasteiger partial charge in [0.2, 0.25) is 0 Å². The van der Waals surface area contributed by atoms with Gasteiger partial charge in [0.05, 0.1) is 18.5 Å². The number of hydrogen-bond acceptors (Lipinski definition) is 5. The molecule has 0 spiro atoms. The van der Waals surface area contributed by atoms with E-state index in [0.29, 0.717) is 25.7 Å². The van der Waals surface area contributed by atoms with Gasteiger partial charge in [0.25, 0.3) is 0 Å². The summed E-state index contributed by atoms with van der Waals surface area (Å²) in [5.41, 5.74) is 4.04. The summed E-state index contributed by atoms with van der Waals surface area (Å²) in [6.07, 6.45) is 5.52. The van der Waals surface area contributed by atoms with Gasteiger partial charge in [-0.05, 0) is 32.9 Å². The van der Waals surface area contributed by atoms with Gasteiger partial charge in [-0.1, -0.05) is 0 Å². The molecule has 4 heterocycles. The Kier molecular flexibility index (Phi) is 4.93. The molecule has 4 rings (SSSR count). The number of nitrogens with one attached hydrogen (secondary N) is 1. The van der Waals surface area contributed by atoms with Crippen LogP contribution in [-0.2, 0) is 4.74 Å². The molecule has 1 aliphatic heterocycles. The third kappa shape index (κ3) is 3.42. The average Bonchev–Trinajstić information content (AvgIpc) is 3.35. The van der Waals surface area contributed by atoms with E-state index in [0.717, 1.165) is 41.1 Å². The molecule has 28 heavy (non-hydrogen) atoms. The van der Waals surface area contributed by atoms with Crippen LogP contribution in [-0.4, -0.2) is 63.5 Å². The summed E-state index contributed by atoms with van der Waals surface area (Å²) >= 11 is 0. The zero-order chi connectivity index (χ0) is 19.7. The maximum Gasteiger partial charge on any atom is 0.409 e. The van der Waals surface area contributed by atoms with E-state index in [4.69, 9.17) is 4.74 Å². The van der Waals surface area contributed by atoms with Gasteiger partial charge in [-0.3, -0.25) is 4.68 Å². The first-order valence-corrected chi connectivity index (χ1v) is 9.75. The number of amides is 1. The molecule has 8 heteroatoms. The Morgan fingerprint density at radius 1 is 1.29 bits per heavy atom. The molecule has 0 bridgehead atoms. The van der Waals surface area contributed by atoms with Crippen molar-refractivity contribution in [1.29, 1.82) is 0 Å². The van der Waals surface area contributed by atoms with Gasteiger partial charge >= 0.3 is 6.09 Å². The molecule has 0 unspecified atom stereocenters. The molecular formula is C20H26N6O2. The molecule has 1 N–H and O–H groups in total. The maximum absolute atomic E-state index is 11.9.